The predicted octanol–water partition coefficient (Wildman–Crippen LogP) is 2.40. The number of nitrogens with zero attached hydrogens (tertiary/aromatic N) is 2. The summed E-state index contributed by atoms with van der Waals surface area (Å²) in [5, 5.41) is 4.08. The van der Waals surface area contributed by atoms with Crippen LogP contribution in [0.1, 0.15) is 63.8 Å². The maximum atomic E-state index is 5.94. The standard InChI is InChI=1S/C13H23N3O2/c1-4-10(8(3)14)13-15-12(16-18-13)11(17-5-2)9-6-7-9/h8-11H,4-7,14H2,1-3H3. The van der Waals surface area contributed by atoms with E-state index in [1.807, 2.05) is 13.8 Å². The van der Waals surface area contributed by atoms with E-state index in [1.165, 1.54) is 12.8 Å². The van der Waals surface area contributed by atoms with E-state index in [4.69, 9.17) is 15.0 Å². The fourth-order valence-corrected chi connectivity index (χ4v) is 2.28. The molecule has 1 aromatic heterocycles. The van der Waals surface area contributed by atoms with Crippen molar-refractivity contribution < 1.29 is 9.26 Å². The van der Waals surface area contributed by atoms with Gasteiger partial charge < -0.3 is 15.0 Å². The molecule has 0 spiro atoms. The lowest BCUT2D eigenvalue weighted by Gasteiger charge is -2.14. The first-order valence-corrected chi connectivity index (χ1v) is 6.88. The monoisotopic (exact) mass is 253 g/mol. The van der Waals surface area contributed by atoms with Crippen molar-refractivity contribution in [2.24, 2.45) is 11.7 Å². The number of rotatable bonds is 7. The van der Waals surface area contributed by atoms with E-state index in [-0.39, 0.29) is 18.1 Å². The fourth-order valence-electron chi connectivity index (χ4n) is 2.28. The Balaban J connectivity index is 2.12. The van der Waals surface area contributed by atoms with Gasteiger partial charge >= 0.3 is 0 Å². The highest BCUT2D eigenvalue weighted by Crippen LogP contribution is 2.42. The molecule has 0 amide bonds. The summed E-state index contributed by atoms with van der Waals surface area (Å²) in [6, 6.07) is 0.0229. The molecule has 0 aromatic carbocycles. The van der Waals surface area contributed by atoms with Crippen LogP contribution < -0.4 is 5.73 Å². The van der Waals surface area contributed by atoms with Crippen molar-refractivity contribution in [2.75, 3.05) is 6.61 Å². The van der Waals surface area contributed by atoms with Crippen molar-refractivity contribution in [3.63, 3.8) is 0 Å². The smallest absolute Gasteiger partial charge is 0.231 e. The zero-order chi connectivity index (χ0) is 13.1. The number of ether oxygens (including phenoxy) is 1. The molecule has 2 N–H and O–H groups in total. The second-order valence-corrected chi connectivity index (χ2v) is 5.08. The third-order valence-corrected chi connectivity index (χ3v) is 3.50. The first-order chi connectivity index (χ1) is 8.67. The molecule has 18 heavy (non-hydrogen) atoms. The lowest BCUT2D eigenvalue weighted by molar-refractivity contribution is 0.0384. The first kappa shape index (κ1) is 13.5. The summed E-state index contributed by atoms with van der Waals surface area (Å²) >= 11 is 0. The van der Waals surface area contributed by atoms with Crippen molar-refractivity contribution in [1.82, 2.24) is 10.1 Å². The largest absolute Gasteiger partial charge is 0.370 e. The summed E-state index contributed by atoms with van der Waals surface area (Å²) in [7, 11) is 0. The highest BCUT2D eigenvalue weighted by Gasteiger charge is 2.36. The van der Waals surface area contributed by atoms with Crippen LogP contribution in [0.15, 0.2) is 4.52 Å². The van der Waals surface area contributed by atoms with E-state index < -0.39 is 0 Å². The molecule has 0 saturated heterocycles. The number of nitrogens with two attached hydrogens (primary N) is 1. The lowest BCUT2D eigenvalue weighted by Crippen LogP contribution is -2.24. The van der Waals surface area contributed by atoms with Crippen LogP contribution >= 0.6 is 0 Å². The van der Waals surface area contributed by atoms with E-state index >= 15 is 0 Å². The molecule has 2 rings (SSSR count). The molecule has 1 aromatic rings. The summed E-state index contributed by atoms with van der Waals surface area (Å²) in [6.45, 7) is 6.72. The van der Waals surface area contributed by atoms with Crippen molar-refractivity contribution in [3.05, 3.63) is 11.7 Å². The molecule has 0 radical (unpaired) electrons. The average molecular weight is 253 g/mol. The molecule has 102 valence electrons. The second kappa shape index (κ2) is 5.80. The zero-order valence-electron chi connectivity index (χ0n) is 11.4. The Morgan fingerprint density at radius 2 is 2.17 bits per heavy atom. The minimum absolute atomic E-state index is 0.00177. The third-order valence-electron chi connectivity index (χ3n) is 3.50. The van der Waals surface area contributed by atoms with Gasteiger partial charge in [-0.15, -0.1) is 0 Å². The summed E-state index contributed by atoms with van der Waals surface area (Å²) in [5.41, 5.74) is 5.94. The number of aromatic nitrogens is 2. The van der Waals surface area contributed by atoms with E-state index in [1.54, 1.807) is 0 Å². The molecule has 1 heterocycles. The van der Waals surface area contributed by atoms with Gasteiger partial charge in [0.25, 0.3) is 0 Å². The molecule has 3 atom stereocenters. The van der Waals surface area contributed by atoms with Gasteiger partial charge in [-0.25, -0.2) is 0 Å². The number of hydrogen-bond acceptors (Lipinski definition) is 5. The van der Waals surface area contributed by atoms with Crippen LogP contribution in [0, 0.1) is 5.92 Å². The van der Waals surface area contributed by atoms with Crippen LogP contribution in [-0.4, -0.2) is 22.8 Å². The predicted molar refractivity (Wildman–Crippen MR) is 68.1 cm³/mol. The van der Waals surface area contributed by atoms with Gasteiger partial charge in [-0.2, -0.15) is 4.98 Å². The average Bonchev–Trinajstić information content (AvgIpc) is 3.06. The number of hydrogen-bond donors (Lipinski definition) is 1. The van der Waals surface area contributed by atoms with Crippen LogP contribution in [0.2, 0.25) is 0 Å². The van der Waals surface area contributed by atoms with Crippen LogP contribution in [0.3, 0.4) is 0 Å². The first-order valence-electron chi connectivity index (χ1n) is 6.88. The van der Waals surface area contributed by atoms with Gasteiger partial charge in [-0.05, 0) is 39.0 Å². The van der Waals surface area contributed by atoms with E-state index in [2.05, 4.69) is 17.1 Å². The van der Waals surface area contributed by atoms with E-state index in [9.17, 15) is 0 Å². The summed E-state index contributed by atoms with van der Waals surface area (Å²) in [5.74, 6) is 2.03. The molecular formula is C13H23N3O2. The highest BCUT2D eigenvalue weighted by molar-refractivity contribution is 5.02. The van der Waals surface area contributed by atoms with Gasteiger partial charge in [0.1, 0.15) is 6.10 Å². The Bertz CT molecular complexity index is 374. The summed E-state index contributed by atoms with van der Waals surface area (Å²) < 4.78 is 11.1. The van der Waals surface area contributed by atoms with Gasteiger partial charge in [0.05, 0.1) is 5.92 Å². The minimum atomic E-state index is -0.00177. The van der Waals surface area contributed by atoms with Gasteiger partial charge in [0, 0.05) is 12.6 Å². The van der Waals surface area contributed by atoms with Gasteiger partial charge in [-0.1, -0.05) is 12.1 Å². The van der Waals surface area contributed by atoms with Crippen LogP contribution in [0.5, 0.6) is 0 Å². The van der Waals surface area contributed by atoms with Crippen LogP contribution in [0.25, 0.3) is 0 Å². The van der Waals surface area contributed by atoms with E-state index in [0.29, 0.717) is 24.2 Å². The topological polar surface area (TPSA) is 74.2 Å². The molecule has 0 aliphatic heterocycles. The fraction of sp³-hybridized carbons (Fsp3) is 0.846. The van der Waals surface area contributed by atoms with Crippen LogP contribution in [-0.2, 0) is 4.74 Å². The van der Waals surface area contributed by atoms with E-state index in [0.717, 1.165) is 6.42 Å². The molecule has 1 saturated carbocycles. The Hall–Kier alpha value is -0.940. The molecule has 1 fully saturated rings. The second-order valence-electron chi connectivity index (χ2n) is 5.08. The summed E-state index contributed by atoms with van der Waals surface area (Å²) in [4.78, 5) is 4.50. The molecule has 1 aliphatic carbocycles. The zero-order valence-corrected chi connectivity index (χ0v) is 11.4. The van der Waals surface area contributed by atoms with Crippen molar-refractivity contribution in [1.29, 1.82) is 0 Å². The van der Waals surface area contributed by atoms with Gasteiger partial charge in [0.15, 0.2) is 0 Å². The molecule has 0 bridgehead atoms. The maximum absolute atomic E-state index is 5.94. The lowest BCUT2D eigenvalue weighted by atomic mass is 9.99. The molecule has 3 unspecified atom stereocenters. The molecule has 1 aliphatic rings. The Morgan fingerprint density at radius 1 is 1.44 bits per heavy atom. The van der Waals surface area contributed by atoms with Crippen molar-refractivity contribution in [3.8, 4) is 0 Å². The summed E-state index contributed by atoms with van der Waals surface area (Å²) in [6.07, 6.45) is 3.29. The third kappa shape index (κ3) is 2.90. The van der Waals surface area contributed by atoms with Crippen LogP contribution in [0.4, 0.5) is 0 Å². The molecular weight excluding hydrogens is 230 g/mol. The normalized spacial score (nSPS) is 20.7. The van der Waals surface area contributed by atoms with Crippen molar-refractivity contribution >= 4 is 0 Å². The van der Waals surface area contributed by atoms with Gasteiger partial charge in [-0.3, -0.25) is 0 Å². The molecule has 5 nitrogen and oxygen atoms in total. The Labute approximate surface area is 108 Å². The Morgan fingerprint density at radius 3 is 2.67 bits per heavy atom. The quantitative estimate of drug-likeness (QED) is 0.807. The van der Waals surface area contributed by atoms with Gasteiger partial charge in [0.2, 0.25) is 11.7 Å². The molecule has 5 heteroatoms. The highest BCUT2D eigenvalue weighted by atomic mass is 16.5. The SMILES string of the molecule is CCOC(c1noc(C(CC)C(C)N)n1)C1CC1. The maximum Gasteiger partial charge on any atom is 0.231 e. The Kier molecular flexibility index (Phi) is 4.35. The minimum Gasteiger partial charge on any atom is -0.370 e. The van der Waals surface area contributed by atoms with Crippen molar-refractivity contribution in [2.45, 2.75) is 58.1 Å².